The predicted octanol–water partition coefficient (Wildman–Crippen LogP) is 5.93. The first-order valence-electron chi connectivity index (χ1n) is 8.11. The van der Waals surface area contributed by atoms with E-state index in [0.717, 1.165) is 16.7 Å². The van der Waals surface area contributed by atoms with Gasteiger partial charge in [0, 0.05) is 6.54 Å². The fourth-order valence-corrected chi connectivity index (χ4v) is 3.98. The summed E-state index contributed by atoms with van der Waals surface area (Å²) >= 11 is 13.4. The van der Waals surface area contributed by atoms with Crippen molar-refractivity contribution in [2.24, 2.45) is 0 Å². The molecule has 2 amide bonds. The Bertz CT molecular complexity index is 970. The van der Waals surface area contributed by atoms with Crippen LogP contribution in [-0.4, -0.2) is 22.6 Å². The smallest absolute Gasteiger partial charge is 0.293 e. The summed E-state index contributed by atoms with van der Waals surface area (Å²) in [6, 6.07) is 9.16. The first-order chi connectivity index (χ1) is 13.4. The number of rotatable bonds is 6. The Kier molecular flexibility index (Phi) is 6.44. The van der Waals surface area contributed by atoms with Gasteiger partial charge in [0.25, 0.3) is 11.1 Å². The lowest BCUT2D eigenvalue weighted by atomic mass is 10.2. The van der Waals surface area contributed by atoms with Gasteiger partial charge in [-0.05, 0) is 53.2 Å². The zero-order chi connectivity index (χ0) is 20.3. The Labute approximate surface area is 175 Å². The fourth-order valence-electron chi connectivity index (χ4n) is 2.52. The molecule has 8 heteroatoms. The van der Waals surface area contributed by atoms with E-state index in [1.807, 2.05) is 0 Å². The quantitative estimate of drug-likeness (QED) is 0.414. The molecule has 144 valence electrons. The van der Waals surface area contributed by atoms with Crippen molar-refractivity contribution in [1.29, 1.82) is 0 Å². The number of nitrogens with zero attached hydrogens (tertiary/aromatic N) is 1. The van der Waals surface area contributed by atoms with E-state index < -0.39 is 5.91 Å². The second-order valence-corrected chi connectivity index (χ2v) is 7.62. The molecular formula is C20H14Cl2FNO3S. The summed E-state index contributed by atoms with van der Waals surface area (Å²) in [6.07, 6.45) is 3.03. The lowest BCUT2D eigenvalue weighted by Crippen LogP contribution is -2.27. The van der Waals surface area contributed by atoms with Crippen molar-refractivity contribution in [2.75, 3.05) is 6.54 Å². The predicted molar refractivity (Wildman–Crippen MR) is 110 cm³/mol. The van der Waals surface area contributed by atoms with Crippen LogP contribution in [0.3, 0.4) is 0 Å². The van der Waals surface area contributed by atoms with Crippen molar-refractivity contribution in [1.82, 2.24) is 4.90 Å². The molecule has 1 aliphatic heterocycles. The van der Waals surface area contributed by atoms with Crippen LogP contribution in [0.15, 0.2) is 54.0 Å². The lowest BCUT2D eigenvalue weighted by molar-refractivity contribution is -0.122. The van der Waals surface area contributed by atoms with Gasteiger partial charge in [0.2, 0.25) is 0 Å². The van der Waals surface area contributed by atoms with E-state index in [1.165, 1.54) is 18.2 Å². The Morgan fingerprint density at radius 3 is 2.54 bits per heavy atom. The third-order valence-electron chi connectivity index (χ3n) is 3.78. The molecule has 0 spiro atoms. The molecule has 0 saturated carbocycles. The van der Waals surface area contributed by atoms with E-state index in [9.17, 15) is 14.0 Å². The summed E-state index contributed by atoms with van der Waals surface area (Å²) in [5.41, 5.74) is 1.18. The highest BCUT2D eigenvalue weighted by atomic mass is 35.5. The third kappa shape index (κ3) is 4.58. The summed E-state index contributed by atoms with van der Waals surface area (Å²) in [4.78, 5) is 25.5. The summed E-state index contributed by atoms with van der Waals surface area (Å²) in [5.74, 6) is -0.503. The summed E-state index contributed by atoms with van der Waals surface area (Å²) in [6.45, 7) is 3.78. The van der Waals surface area contributed by atoms with Gasteiger partial charge in [-0.1, -0.05) is 41.4 Å². The summed E-state index contributed by atoms with van der Waals surface area (Å²) < 4.78 is 18.9. The second-order valence-electron chi connectivity index (χ2n) is 5.81. The normalized spacial score (nSPS) is 15.4. The Morgan fingerprint density at radius 1 is 1.18 bits per heavy atom. The molecule has 3 rings (SSSR count). The maximum absolute atomic E-state index is 13.3. The molecule has 1 heterocycles. The molecular weight excluding hydrogens is 424 g/mol. The Morgan fingerprint density at radius 2 is 1.89 bits per heavy atom. The minimum atomic E-state index is -0.395. The van der Waals surface area contributed by atoms with Crippen molar-refractivity contribution in [2.45, 2.75) is 6.61 Å². The molecule has 0 aliphatic carbocycles. The van der Waals surface area contributed by atoms with Crippen LogP contribution < -0.4 is 4.74 Å². The highest BCUT2D eigenvalue weighted by molar-refractivity contribution is 8.18. The van der Waals surface area contributed by atoms with Gasteiger partial charge in [-0.2, -0.15) is 0 Å². The van der Waals surface area contributed by atoms with Gasteiger partial charge in [0.15, 0.2) is 5.75 Å². The molecule has 0 atom stereocenters. The topological polar surface area (TPSA) is 46.6 Å². The number of amides is 2. The summed E-state index contributed by atoms with van der Waals surface area (Å²) in [5, 5.41) is 0.115. The Hall–Kier alpha value is -2.28. The van der Waals surface area contributed by atoms with Gasteiger partial charge in [-0.3, -0.25) is 14.5 Å². The molecule has 0 aromatic heterocycles. The highest BCUT2D eigenvalue weighted by Crippen LogP contribution is 2.37. The van der Waals surface area contributed by atoms with Gasteiger partial charge in [-0.25, -0.2) is 4.39 Å². The number of carbonyl (C=O) groups is 2. The van der Waals surface area contributed by atoms with Crippen LogP contribution in [0.5, 0.6) is 5.75 Å². The number of benzene rings is 2. The number of hydrogen-bond acceptors (Lipinski definition) is 4. The van der Waals surface area contributed by atoms with Gasteiger partial charge >= 0.3 is 0 Å². The van der Waals surface area contributed by atoms with E-state index >= 15 is 0 Å². The zero-order valence-corrected chi connectivity index (χ0v) is 16.8. The maximum atomic E-state index is 13.3. The molecule has 1 fully saturated rings. The SMILES string of the molecule is C=CCN1C(=O)S/C(=C/c2cc(Cl)c(OCc3cccc(F)c3)c(Cl)c2)C1=O. The van der Waals surface area contributed by atoms with Crippen LogP contribution in [0.4, 0.5) is 9.18 Å². The molecule has 1 aliphatic rings. The second kappa shape index (κ2) is 8.82. The zero-order valence-electron chi connectivity index (χ0n) is 14.5. The highest BCUT2D eigenvalue weighted by Gasteiger charge is 2.34. The molecule has 2 aromatic carbocycles. The molecule has 0 unspecified atom stereocenters. The first kappa shape index (κ1) is 20.5. The number of halogens is 3. The van der Waals surface area contributed by atoms with Crippen LogP contribution in [0.2, 0.25) is 10.0 Å². The average molecular weight is 438 g/mol. The van der Waals surface area contributed by atoms with Crippen LogP contribution in [0.1, 0.15) is 11.1 Å². The first-order valence-corrected chi connectivity index (χ1v) is 9.69. The van der Waals surface area contributed by atoms with Gasteiger partial charge in [-0.15, -0.1) is 6.58 Å². The fraction of sp³-hybridized carbons (Fsp3) is 0.100. The van der Waals surface area contributed by atoms with Crippen molar-refractivity contribution in [3.05, 3.63) is 80.9 Å². The number of thioether (sulfide) groups is 1. The van der Waals surface area contributed by atoms with Gasteiger partial charge < -0.3 is 4.74 Å². The standard InChI is InChI=1S/C20H14Cl2FNO3S/c1-2-6-24-19(25)17(28-20(24)26)10-13-8-15(21)18(16(22)9-13)27-11-12-4-3-5-14(23)7-12/h2-5,7-10H,1,6,11H2/b17-10+. The van der Waals surface area contributed by atoms with Crippen LogP contribution in [-0.2, 0) is 11.4 Å². The van der Waals surface area contributed by atoms with E-state index in [1.54, 1.807) is 30.3 Å². The molecule has 0 N–H and O–H groups in total. The number of ether oxygens (including phenoxy) is 1. The minimum Gasteiger partial charge on any atom is -0.486 e. The van der Waals surface area contributed by atoms with E-state index in [0.29, 0.717) is 11.1 Å². The lowest BCUT2D eigenvalue weighted by Gasteiger charge is -2.11. The van der Waals surface area contributed by atoms with Gasteiger partial charge in [0.05, 0.1) is 15.0 Å². The van der Waals surface area contributed by atoms with Crippen molar-refractivity contribution in [3.63, 3.8) is 0 Å². The van der Waals surface area contributed by atoms with Crippen LogP contribution >= 0.6 is 35.0 Å². The monoisotopic (exact) mass is 437 g/mol. The number of carbonyl (C=O) groups excluding carboxylic acids is 2. The molecule has 0 radical (unpaired) electrons. The molecule has 0 bridgehead atoms. The van der Waals surface area contributed by atoms with Crippen LogP contribution in [0.25, 0.3) is 6.08 Å². The average Bonchev–Trinajstić information content (AvgIpc) is 2.89. The van der Waals surface area contributed by atoms with Crippen molar-refractivity contribution in [3.8, 4) is 5.75 Å². The Balaban J connectivity index is 1.79. The molecule has 4 nitrogen and oxygen atoms in total. The molecule has 1 saturated heterocycles. The van der Waals surface area contributed by atoms with Gasteiger partial charge in [0.1, 0.15) is 12.4 Å². The minimum absolute atomic E-state index is 0.0942. The van der Waals surface area contributed by atoms with Crippen molar-refractivity contribution >= 4 is 52.2 Å². The maximum Gasteiger partial charge on any atom is 0.293 e. The van der Waals surface area contributed by atoms with Crippen LogP contribution in [0, 0.1) is 5.82 Å². The van der Waals surface area contributed by atoms with E-state index in [-0.39, 0.29) is 44.9 Å². The van der Waals surface area contributed by atoms with Crippen molar-refractivity contribution < 1.29 is 18.7 Å². The molecule has 28 heavy (non-hydrogen) atoms. The number of hydrogen-bond donors (Lipinski definition) is 0. The molecule has 2 aromatic rings. The van der Waals surface area contributed by atoms with E-state index in [4.69, 9.17) is 27.9 Å². The summed E-state index contributed by atoms with van der Waals surface area (Å²) in [7, 11) is 0. The third-order valence-corrected chi connectivity index (χ3v) is 5.24. The largest absolute Gasteiger partial charge is 0.486 e. The number of imide groups is 1. The van der Waals surface area contributed by atoms with E-state index in [2.05, 4.69) is 6.58 Å².